The molecular formula is H10Cl4O5Pt2. The predicted molar refractivity (Wildman–Crippen MR) is 41.5 cm³/mol. The fraction of sp³-hybridized carbons (Fsp3) is 0. The summed E-state index contributed by atoms with van der Waals surface area (Å²) in [6.45, 7) is 0. The third kappa shape index (κ3) is 241. The van der Waals surface area contributed by atoms with Crippen LogP contribution >= 0.6 is 37.7 Å². The molecule has 0 bridgehead atoms. The van der Waals surface area contributed by atoms with Gasteiger partial charge in [-0.15, -0.1) is 0 Å². The van der Waals surface area contributed by atoms with Gasteiger partial charge in [0, 0.05) is 0 Å². The molecule has 0 aromatic rings. The van der Waals surface area contributed by atoms with E-state index in [0.29, 0.717) is 0 Å². The van der Waals surface area contributed by atoms with Crippen LogP contribution in [0, 0.1) is 0 Å². The van der Waals surface area contributed by atoms with Gasteiger partial charge in [-0.05, 0) is 0 Å². The topological polar surface area (TPSA) is 158 Å². The maximum atomic E-state index is 4.88. The molecule has 0 spiro atoms. The fourth-order valence-electron chi connectivity index (χ4n) is 0. The minimum absolute atomic E-state index is 0. The summed E-state index contributed by atoms with van der Waals surface area (Å²) >= 11 is -0.944. The Morgan fingerprint density at radius 2 is 0.455 bits per heavy atom. The molecule has 10 N–H and O–H groups in total. The molecule has 0 aliphatic heterocycles. The SMILES string of the molecule is O.O.O.O.O.[Cl][Pt][Cl].[Cl][Pt][Cl]. The van der Waals surface area contributed by atoms with Crippen LogP contribution in [0.2, 0.25) is 0 Å². The Morgan fingerprint density at radius 3 is 0.455 bits per heavy atom. The van der Waals surface area contributed by atoms with Crippen LogP contribution in [0.25, 0.3) is 0 Å². The molecule has 0 saturated heterocycles. The van der Waals surface area contributed by atoms with Gasteiger partial charge in [-0.25, -0.2) is 0 Å². The van der Waals surface area contributed by atoms with E-state index >= 15 is 0 Å². The Balaban J connectivity index is -0.00000000400. The second kappa shape index (κ2) is 84.3. The van der Waals surface area contributed by atoms with Crippen LogP contribution in [-0.2, 0) is 33.0 Å². The average Bonchev–Trinajstić information content (AvgIpc) is 1.39. The standard InChI is InChI=1S/4ClH.5H2O.2Pt/h4*1H;5*1H2;;/q;;;;;;;;;2*+2/p-4. The Kier molecular flexibility index (Phi) is 387. The number of rotatable bonds is 0. The Morgan fingerprint density at radius 1 is 0.455 bits per heavy atom. The molecule has 0 heterocycles. The molecule has 11 heavy (non-hydrogen) atoms. The van der Waals surface area contributed by atoms with Gasteiger partial charge in [0.25, 0.3) is 0 Å². The molecule has 0 aliphatic carbocycles. The number of halogens is 4. The predicted octanol–water partition coefficient (Wildman–Crippen LogP) is -1.37. The van der Waals surface area contributed by atoms with E-state index in [9.17, 15) is 0 Å². The summed E-state index contributed by atoms with van der Waals surface area (Å²) in [7, 11) is 19.5. The second-order valence-electron chi connectivity index (χ2n) is 0.0904. The summed E-state index contributed by atoms with van der Waals surface area (Å²) in [5, 5.41) is 0. The van der Waals surface area contributed by atoms with Crippen molar-refractivity contribution in [3.05, 3.63) is 0 Å². The molecule has 5 nitrogen and oxygen atoms in total. The minimum atomic E-state index is -0.472. The number of hydrogen-bond donors (Lipinski definition) is 0. The van der Waals surface area contributed by atoms with Crippen molar-refractivity contribution in [1.82, 2.24) is 0 Å². The van der Waals surface area contributed by atoms with Crippen LogP contribution in [0.5, 0.6) is 0 Å². The summed E-state index contributed by atoms with van der Waals surface area (Å²) in [5.41, 5.74) is 0. The third-order valence-electron chi connectivity index (χ3n) is 0. The van der Waals surface area contributed by atoms with Crippen molar-refractivity contribution in [2.45, 2.75) is 0 Å². The Hall–Kier alpha value is 2.34. The molecule has 88 valence electrons. The van der Waals surface area contributed by atoms with Crippen LogP contribution in [0.15, 0.2) is 0 Å². The summed E-state index contributed by atoms with van der Waals surface area (Å²) in [6.07, 6.45) is 0. The van der Waals surface area contributed by atoms with E-state index in [0.717, 1.165) is 0 Å². The van der Waals surface area contributed by atoms with Gasteiger partial charge < -0.3 is 27.4 Å². The molecule has 0 fully saturated rings. The van der Waals surface area contributed by atoms with E-state index in [-0.39, 0.29) is 27.4 Å². The van der Waals surface area contributed by atoms with E-state index < -0.39 is 33.0 Å². The normalized spacial score (nSPS) is 4.00. The summed E-state index contributed by atoms with van der Waals surface area (Å²) in [6, 6.07) is 0. The van der Waals surface area contributed by atoms with Crippen molar-refractivity contribution >= 4 is 37.7 Å². The molecule has 0 radical (unpaired) electrons. The quantitative estimate of drug-likeness (QED) is 0.313. The van der Waals surface area contributed by atoms with Crippen LogP contribution in [0.4, 0.5) is 0 Å². The van der Waals surface area contributed by atoms with Crippen LogP contribution < -0.4 is 0 Å². The van der Waals surface area contributed by atoms with Crippen LogP contribution in [0.1, 0.15) is 0 Å². The maximum absolute atomic E-state index is 4.88. The molecular weight excluding hydrogens is 612 g/mol. The molecule has 11 heteroatoms. The molecule has 0 atom stereocenters. The zero-order chi connectivity index (χ0) is 5.41. The first-order valence-corrected chi connectivity index (χ1v) is 11.7. The summed E-state index contributed by atoms with van der Waals surface area (Å²) in [4.78, 5) is 0. The van der Waals surface area contributed by atoms with Gasteiger partial charge in [0.2, 0.25) is 0 Å². The zero-order valence-corrected chi connectivity index (χ0v) is 12.2. The first-order chi connectivity index (χ1) is 2.83. The fourth-order valence-corrected chi connectivity index (χ4v) is 0. The van der Waals surface area contributed by atoms with Crippen LogP contribution in [0.3, 0.4) is 0 Å². The van der Waals surface area contributed by atoms with Gasteiger partial charge in [-0.2, -0.15) is 0 Å². The molecule has 0 saturated carbocycles. The Bertz CT molecular complexity index is 18.4. The van der Waals surface area contributed by atoms with E-state index in [2.05, 4.69) is 0 Å². The average molecular weight is 622 g/mol. The van der Waals surface area contributed by atoms with E-state index in [1.165, 1.54) is 0 Å². The van der Waals surface area contributed by atoms with Crippen molar-refractivity contribution in [2.24, 2.45) is 0 Å². The van der Waals surface area contributed by atoms with Gasteiger partial charge in [0.05, 0.1) is 0 Å². The van der Waals surface area contributed by atoms with Gasteiger partial charge in [0.1, 0.15) is 0 Å². The molecule has 0 aromatic carbocycles. The van der Waals surface area contributed by atoms with Gasteiger partial charge >= 0.3 is 70.6 Å². The monoisotopic (exact) mass is 620 g/mol. The summed E-state index contributed by atoms with van der Waals surface area (Å²) < 4.78 is 0. The van der Waals surface area contributed by atoms with Crippen molar-refractivity contribution in [2.75, 3.05) is 0 Å². The molecule has 0 amide bonds. The zero-order valence-electron chi connectivity index (χ0n) is 4.64. The third-order valence-corrected chi connectivity index (χ3v) is 0. The summed E-state index contributed by atoms with van der Waals surface area (Å²) in [5.74, 6) is 0. The van der Waals surface area contributed by atoms with Gasteiger partial charge in [-0.3, -0.25) is 0 Å². The Labute approximate surface area is 97.0 Å². The van der Waals surface area contributed by atoms with Gasteiger partial charge in [-0.1, -0.05) is 0 Å². The van der Waals surface area contributed by atoms with Crippen LogP contribution in [-0.4, -0.2) is 27.4 Å². The molecule has 0 rings (SSSR count). The van der Waals surface area contributed by atoms with E-state index in [1.807, 2.05) is 0 Å². The van der Waals surface area contributed by atoms with E-state index in [1.54, 1.807) is 0 Å². The first kappa shape index (κ1) is 50.6. The van der Waals surface area contributed by atoms with Crippen molar-refractivity contribution in [3.8, 4) is 0 Å². The van der Waals surface area contributed by atoms with Gasteiger partial charge in [0.15, 0.2) is 0 Å². The van der Waals surface area contributed by atoms with Crippen molar-refractivity contribution in [3.63, 3.8) is 0 Å². The molecule has 0 aromatic heterocycles. The first-order valence-electron chi connectivity index (χ1n) is 0.478. The molecule has 0 aliphatic rings. The van der Waals surface area contributed by atoms with Crippen molar-refractivity contribution in [1.29, 1.82) is 0 Å². The van der Waals surface area contributed by atoms with Crippen molar-refractivity contribution < 1.29 is 60.3 Å². The molecule has 0 unspecified atom stereocenters. The second-order valence-corrected chi connectivity index (χ2v) is 6.66. The van der Waals surface area contributed by atoms with E-state index in [4.69, 9.17) is 37.7 Å². The number of hydrogen-bond acceptors (Lipinski definition) is 0.